The minimum atomic E-state index is -1.03. The first-order valence-electron chi connectivity index (χ1n) is 4.78. The zero-order valence-corrected chi connectivity index (χ0v) is 9.45. The van der Waals surface area contributed by atoms with Gasteiger partial charge >= 0.3 is 5.97 Å². The van der Waals surface area contributed by atoms with Crippen molar-refractivity contribution in [3.05, 3.63) is 54.0 Å². The van der Waals surface area contributed by atoms with Crippen LogP contribution in [-0.2, 0) is 0 Å². The topological polar surface area (TPSA) is 50.2 Å². The average molecular weight is 249 g/mol. The minimum absolute atomic E-state index is 0.138. The number of hydrogen-bond acceptors (Lipinski definition) is 3. The summed E-state index contributed by atoms with van der Waals surface area (Å²) in [6, 6.07) is 9.10. The molecule has 0 fully saturated rings. The van der Waals surface area contributed by atoms with Gasteiger partial charge in [-0.2, -0.15) is 0 Å². The summed E-state index contributed by atoms with van der Waals surface area (Å²) in [6.45, 7) is 0. The van der Waals surface area contributed by atoms with Crippen LogP contribution >= 0.6 is 11.8 Å². The van der Waals surface area contributed by atoms with E-state index in [1.165, 1.54) is 24.4 Å². The monoisotopic (exact) mass is 249 g/mol. The van der Waals surface area contributed by atoms with Gasteiger partial charge in [0.15, 0.2) is 0 Å². The van der Waals surface area contributed by atoms with E-state index >= 15 is 0 Å². The van der Waals surface area contributed by atoms with Crippen LogP contribution in [0.15, 0.2) is 52.5 Å². The minimum Gasteiger partial charge on any atom is -0.478 e. The van der Waals surface area contributed by atoms with Crippen molar-refractivity contribution in [2.45, 2.75) is 9.92 Å². The molecule has 0 aliphatic carbocycles. The molecule has 0 aliphatic heterocycles. The molecule has 0 saturated carbocycles. The highest BCUT2D eigenvalue weighted by atomic mass is 32.2. The van der Waals surface area contributed by atoms with Gasteiger partial charge < -0.3 is 5.11 Å². The smallest absolute Gasteiger partial charge is 0.335 e. The molecule has 0 radical (unpaired) electrons. The fourth-order valence-electron chi connectivity index (χ4n) is 1.24. The SMILES string of the molecule is O=C(O)c1ccnc(Sc2ccccc2F)c1. The van der Waals surface area contributed by atoms with Crippen molar-refractivity contribution in [3.63, 3.8) is 0 Å². The van der Waals surface area contributed by atoms with Gasteiger partial charge in [-0.15, -0.1) is 0 Å². The number of rotatable bonds is 3. The molecule has 1 aromatic carbocycles. The molecule has 0 spiro atoms. The molecule has 86 valence electrons. The Morgan fingerprint density at radius 1 is 1.29 bits per heavy atom. The Labute approximate surface area is 101 Å². The fourth-order valence-corrected chi connectivity index (χ4v) is 2.08. The summed E-state index contributed by atoms with van der Waals surface area (Å²) in [5.41, 5.74) is 0.138. The first-order chi connectivity index (χ1) is 8.16. The summed E-state index contributed by atoms with van der Waals surface area (Å²) >= 11 is 1.10. The van der Waals surface area contributed by atoms with Crippen molar-refractivity contribution in [2.75, 3.05) is 0 Å². The van der Waals surface area contributed by atoms with Crippen LogP contribution in [0.1, 0.15) is 10.4 Å². The molecular weight excluding hydrogens is 241 g/mol. The number of pyridine rings is 1. The summed E-state index contributed by atoms with van der Waals surface area (Å²) in [5.74, 6) is -1.37. The molecule has 0 aliphatic rings. The van der Waals surface area contributed by atoms with Crippen LogP contribution in [0, 0.1) is 5.82 Å². The average Bonchev–Trinajstić information content (AvgIpc) is 2.32. The van der Waals surface area contributed by atoms with E-state index in [9.17, 15) is 9.18 Å². The van der Waals surface area contributed by atoms with Gasteiger partial charge in [-0.25, -0.2) is 14.2 Å². The third-order valence-corrected chi connectivity index (χ3v) is 3.02. The largest absolute Gasteiger partial charge is 0.478 e. The molecule has 1 heterocycles. The van der Waals surface area contributed by atoms with Gasteiger partial charge in [0.2, 0.25) is 0 Å². The maximum absolute atomic E-state index is 13.4. The van der Waals surface area contributed by atoms with Gasteiger partial charge in [0.25, 0.3) is 0 Å². The number of aromatic carboxylic acids is 1. The van der Waals surface area contributed by atoms with Crippen molar-refractivity contribution < 1.29 is 14.3 Å². The lowest BCUT2D eigenvalue weighted by Crippen LogP contribution is -1.96. The second-order valence-corrected chi connectivity index (χ2v) is 4.28. The number of halogens is 1. The van der Waals surface area contributed by atoms with E-state index in [2.05, 4.69) is 4.98 Å². The van der Waals surface area contributed by atoms with E-state index in [1.54, 1.807) is 18.2 Å². The van der Waals surface area contributed by atoms with E-state index in [0.717, 1.165) is 11.8 Å². The van der Waals surface area contributed by atoms with Gasteiger partial charge in [-0.1, -0.05) is 23.9 Å². The lowest BCUT2D eigenvalue weighted by atomic mass is 10.3. The van der Waals surface area contributed by atoms with Crippen LogP contribution in [-0.4, -0.2) is 16.1 Å². The summed E-state index contributed by atoms with van der Waals surface area (Å²) in [4.78, 5) is 15.2. The molecule has 1 aromatic heterocycles. The molecular formula is C12H8FNO2S. The van der Waals surface area contributed by atoms with Crippen LogP contribution < -0.4 is 0 Å². The zero-order chi connectivity index (χ0) is 12.3. The zero-order valence-electron chi connectivity index (χ0n) is 8.63. The highest BCUT2D eigenvalue weighted by molar-refractivity contribution is 7.99. The Balaban J connectivity index is 2.28. The quantitative estimate of drug-likeness (QED) is 0.908. The van der Waals surface area contributed by atoms with Crippen molar-refractivity contribution in [2.24, 2.45) is 0 Å². The molecule has 3 nitrogen and oxygen atoms in total. The maximum atomic E-state index is 13.4. The van der Waals surface area contributed by atoms with Crippen molar-refractivity contribution >= 4 is 17.7 Å². The second-order valence-electron chi connectivity index (χ2n) is 3.22. The third-order valence-electron chi connectivity index (χ3n) is 2.03. The Bertz CT molecular complexity index is 560. The van der Waals surface area contributed by atoms with Crippen molar-refractivity contribution in [3.8, 4) is 0 Å². The predicted molar refractivity (Wildman–Crippen MR) is 61.7 cm³/mol. The van der Waals surface area contributed by atoms with E-state index < -0.39 is 5.97 Å². The number of hydrogen-bond donors (Lipinski definition) is 1. The van der Waals surface area contributed by atoms with Crippen LogP contribution in [0.4, 0.5) is 4.39 Å². The molecule has 0 saturated heterocycles. The fraction of sp³-hybridized carbons (Fsp3) is 0. The second kappa shape index (κ2) is 4.97. The summed E-state index contributed by atoms with van der Waals surface area (Å²) < 4.78 is 13.4. The lowest BCUT2D eigenvalue weighted by molar-refractivity contribution is 0.0696. The Morgan fingerprint density at radius 3 is 2.76 bits per heavy atom. The molecule has 5 heteroatoms. The Hall–Kier alpha value is -1.88. The van der Waals surface area contributed by atoms with Crippen molar-refractivity contribution in [1.82, 2.24) is 4.98 Å². The highest BCUT2D eigenvalue weighted by Gasteiger charge is 2.07. The summed E-state index contributed by atoms with van der Waals surface area (Å²) in [5, 5.41) is 9.27. The standard InChI is InChI=1S/C12H8FNO2S/c13-9-3-1-2-4-10(9)17-11-7-8(12(15)16)5-6-14-11/h1-7H,(H,15,16). The Kier molecular flexibility index (Phi) is 3.39. The number of carboxylic acid groups (broad SMARTS) is 1. The number of aromatic nitrogens is 1. The van der Waals surface area contributed by atoms with Crippen molar-refractivity contribution in [1.29, 1.82) is 0 Å². The Morgan fingerprint density at radius 2 is 2.06 bits per heavy atom. The van der Waals surface area contributed by atoms with Crippen LogP contribution in [0.25, 0.3) is 0 Å². The van der Waals surface area contributed by atoms with Gasteiger partial charge in [-0.3, -0.25) is 0 Å². The predicted octanol–water partition coefficient (Wildman–Crippen LogP) is 3.07. The van der Waals surface area contributed by atoms with E-state index in [0.29, 0.717) is 9.92 Å². The van der Waals surface area contributed by atoms with Crippen LogP contribution in [0.5, 0.6) is 0 Å². The first-order valence-corrected chi connectivity index (χ1v) is 5.60. The van der Waals surface area contributed by atoms with Gasteiger partial charge in [0, 0.05) is 11.1 Å². The van der Waals surface area contributed by atoms with Gasteiger partial charge in [-0.05, 0) is 24.3 Å². The number of carbonyl (C=O) groups is 1. The molecule has 0 unspecified atom stereocenters. The molecule has 17 heavy (non-hydrogen) atoms. The molecule has 0 amide bonds. The number of nitrogens with zero attached hydrogens (tertiary/aromatic N) is 1. The summed E-state index contributed by atoms with van der Waals surface area (Å²) in [6.07, 6.45) is 1.40. The van der Waals surface area contributed by atoms with Gasteiger partial charge in [0.1, 0.15) is 10.8 Å². The molecule has 0 atom stereocenters. The van der Waals surface area contributed by atoms with Gasteiger partial charge in [0.05, 0.1) is 5.56 Å². The number of carboxylic acids is 1. The lowest BCUT2D eigenvalue weighted by Gasteiger charge is -2.02. The summed E-state index contributed by atoms with van der Waals surface area (Å²) in [7, 11) is 0. The van der Waals surface area contributed by atoms with Crippen LogP contribution in [0.3, 0.4) is 0 Å². The first kappa shape index (κ1) is 11.6. The molecule has 2 rings (SSSR count). The maximum Gasteiger partial charge on any atom is 0.335 e. The molecule has 0 bridgehead atoms. The number of benzene rings is 1. The third kappa shape index (κ3) is 2.82. The van der Waals surface area contributed by atoms with E-state index in [1.807, 2.05) is 0 Å². The normalized spacial score (nSPS) is 10.2. The highest BCUT2D eigenvalue weighted by Crippen LogP contribution is 2.28. The van der Waals surface area contributed by atoms with Crippen LogP contribution in [0.2, 0.25) is 0 Å². The van der Waals surface area contributed by atoms with E-state index in [-0.39, 0.29) is 11.4 Å². The molecule has 2 aromatic rings. The molecule has 1 N–H and O–H groups in total. The van der Waals surface area contributed by atoms with E-state index in [4.69, 9.17) is 5.11 Å².